The minimum atomic E-state index is -0.326. The number of aromatic nitrogens is 1. The first-order valence-electron chi connectivity index (χ1n) is 8.07. The third kappa shape index (κ3) is 4.03. The number of carbonyl (C=O) groups excluding carboxylic acids is 1. The summed E-state index contributed by atoms with van der Waals surface area (Å²) in [7, 11) is 1.62. The monoisotopic (exact) mass is 361 g/mol. The van der Waals surface area contributed by atoms with Gasteiger partial charge in [0, 0.05) is 19.1 Å². The van der Waals surface area contributed by atoms with Crippen LogP contribution in [0.25, 0.3) is 0 Å². The van der Waals surface area contributed by atoms with Crippen LogP contribution < -0.4 is 15.4 Å². The Balaban J connectivity index is 1.69. The zero-order valence-electron chi connectivity index (χ0n) is 14.1. The average Bonchev–Trinajstić information content (AvgIpc) is 2.62. The first kappa shape index (κ1) is 17.5. The standard InChI is InChI=1S/C18H20ClN3O3/c1-11(24-2)14-7-4-8-16(20-14)22-18(23)21-15-9-10-25-17-12(15)5-3-6-13(17)19/h3-8,11,15H,9-10H2,1-2H3,(H2,20,21,22,23)/t11-,15+/m1/s1. The van der Waals surface area contributed by atoms with Crippen molar-refractivity contribution < 1.29 is 14.3 Å². The van der Waals surface area contributed by atoms with E-state index in [1.807, 2.05) is 31.2 Å². The predicted octanol–water partition coefficient (Wildman–Crippen LogP) is 4.09. The molecule has 2 atom stereocenters. The van der Waals surface area contributed by atoms with Gasteiger partial charge in [0.1, 0.15) is 11.6 Å². The summed E-state index contributed by atoms with van der Waals surface area (Å²) >= 11 is 6.16. The average molecular weight is 362 g/mol. The number of rotatable bonds is 4. The van der Waals surface area contributed by atoms with Crippen molar-refractivity contribution in [1.29, 1.82) is 0 Å². The molecule has 1 aromatic carbocycles. The van der Waals surface area contributed by atoms with Gasteiger partial charge in [-0.2, -0.15) is 0 Å². The molecule has 1 aliphatic rings. The number of fused-ring (bicyclic) bond motifs is 1. The number of amides is 2. The molecule has 0 unspecified atom stereocenters. The van der Waals surface area contributed by atoms with E-state index >= 15 is 0 Å². The molecule has 1 aliphatic heterocycles. The third-order valence-corrected chi connectivity index (χ3v) is 4.41. The highest BCUT2D eigenvalue weighted by Gasteiger charge is 2.24. The lowest BCUT2D eigenvalue weighted by atomic mass is 10.0. The number of halogens is 1. The highest BCUT2D eigenvalue weighted by molar-refractivity contribution is 6.32. The fourth-order valence-electron chi connectivity index (χ4n) is 2.72. The largest absolute Gasteiger partial charge is 0.492 e. The first-order chi connectivity index (χ1) is 12.1. The Hall–Kier alpha value is -2.31. The van der Waals surface area contributed by atoms with E-state index in [-0.39, 0.29) is 18.2 Å². The van der Waals surface area contributed by atoms with Crippen LogP contribution >= 0.6 is 11.6 Å². The van der Waals surface area contributed by atoms with E-state index in [0.29, 0.717) is 29.6 Å². The fraction of sp³-hybridized carbons (Fsp3) is 0.333. The number of pyridine rings is 1. The molecule has 3 rings (SSSR count). The van der Waals surface area contributed by atoms with Crippen LogP contribution in [0.3, 0.4) is 0 Å². The number of hydrogen-bond donors (Lipinski definition) is 2. The Morgan fingerprint density at radius 2 is 2.16 bits per heavy atom. The molecule has 2 aromatic rings. The molecule has 0 aliphatic carbocycles. The van der Waals surface area contributed by atoms with E-state index in [4.69, 9.17) is 21.1 Å². The molecule has 132 valence electrons. The Kier molecular flexibility index (Phi) is 5.40. The molecule has 0 fully saturated rings. The molecule has 0 saturated heterocycles. The van der Waals surface area contributed by atoms with Crippen molar-refractivity contribution in [2.45, 2.75) is 25.5 Å². The molecule has 2 N–H and O–H groups in total. The second-order valence-electron chi connectivity index (χ2n) is 5.77. The van der Waals surface area contributed by atoms with Crippen LogP contribution in [-0.4, -0.2) is 24.7 Å². The van der Waals surface area contributed by atoms with Crippen molar-refractivity contribution in [2.24, 2.45) is 0 Å². The van der Waals surface area contributed by atoms with Gasteiger partial charge in [0.25, 0.3) is 0 Å². The number of para-hydroxylation sites is 1. The van der Waals surface area contributed by atoms with E-state index in [1.165, 1.54) is 0 Å². The Labute approximate surface area is 151 Å². The van der Waals surface area contributed by atoms with Crippen LogP contribution in [0.15, 0.2) is 36.4 Å². The zero-order chi connectivity index (χ0) is 17.8. The van der Waals surface area contributed by atoms with Gasteiger partial charge in [-0.3, -0.25) is 5.32 Å². The first-order valence-corrected chi connectivity index (χ1v) is 8.44. The van der Waals surface area contributed by atoms with Gasteiger partial charge in [-0.15, -0.1) is 0 Å². The molecule has 6 nitrogen and oxygen atoms in total. The smallest absolute Gasteiger partial charge is 0.320 e. The number of nitrogens with zero attached hydrogens (tertiary/aromatic N) is 1. The summed E-state index contributed by atoms with van der Waals surface area (Å²) in [5.41, 5.74) is 1.63. The third-order valence-electron chi connectivity index (χ3n) is 4.11. The van der Waals surface area contributed by atoms with Crippen LogP contribution in [0.2, 0.25) is 5.02 Å². The maximum atomic E-state index is 12.4. The van der Waals surface area contributed by atoms with Crippen molar-refractivity contribution in [3.8, 4) is 5.75 Å². The zero-order valence-corrected chi connectivity index (χ0v) is 14.8. The lowest BCUT2D eigenvalue weighted by Gasteiger charge is -2.27. The number of hydrogen-bond acceptors (Lipinski definition) is 4. The van der Waals surface area contributed by atoms with Gasteiger partial charge in [0.2, 0.25) is 0 Å². The molecule has 2 heterocycles. The maximum Gasteiger partial charge on any atom is 0.320 e. The van der Waals surface area contributed by atoms with Gasteiger partial charge < -0.3 is 14.8 Å². The number of carbonyl (C=O) groups is 1. The van der Waals surface area contributed by atoms with E-state index in [2.05, 4.69) is 15.6 Å². The Morgan fingerprint density at radius 1 is 1.36 bits per heavy atom. The molecule has 2 amide bonds. The highest BCUT2D eigenvalue weighted by atomic mass is 35.5. The quantitative estimate of drug-likeness (QED) is 0.860. The van der Waals surface area contributed by atoms with Gasteiger partial charge in [0.05, 0.1) is 29.5 Å². The topological polar surface area (TPSA) is 72.5 Å². The molecule has 25 heavy (non-hydrogen) atoms. The molecular weight excluding hydrogens is 342 g/mol. The number of ether oxygens (including phenoxy) is 2. The lowest BCUT2D eigenvalue weighted by molar-refractivity contribution is 0.116. The van der Waals surface area contributed by atoms with E-state index in [9.17, 15) is 4.79 Å². The van der Waals surface area contributed by atoms with Crippen molar-refractivity contribution in [2.75, 3.05) is 19.0 Å². The summed E-state index contributed by atoms with van der Waals surface area (Å²) in [4.78, 5) is 16.8. The van der Waals surface area contributed by atoms with Crippen molar-refractivity contribution in [3.63, 3.8) is 0 Å². The molecule has 0 saturated carbocycles. The highest BCUT2D eigenvalue weighted by Crippen LogP contribution is 2.37. The summed E-state index contributed by atoms with van der Waals surface area (Å²) in [5, 5.41) is 6.27. The molecule has 0 spiro atoms. The molecule has 1 aromatic heterocycles. The summed E-state index contributed by atoms with van der Waals surface area (Å²) < 4.78 is 10.9. The van der Waals surface area contributed by atoms with Gasteiger partial charge >= 0.3 is 6.03 Å². The Morgan fingerprint density at radius 3 is 2.96 bits per heavy atom. The maximum absolute atomic E-state index is 12.4. The fourth-order valence-corrected chi connectivity index (χ4v) is 2.95. The molecule has 0 radical (unpaired) electrons. The number of methoxy groups -OCH3 is 1. The second kappa shape index (κ2) is 7.72. The summed E-state index contributed by atoms with van der Waals surface area (Å²) in [6.45, 7) is 2.40. The van der Waals surface area contributed by atoms with Crippen LogP contribution in [0.1, 0.15) is 36.7 Å². The van der Waals surface area contributed by atoms with Crippen LogP contribution in [-0.2, 0) is 4.74 Å². The summed E-state index contributed by atoms with van der Waals surface area (Å²) in [5.74, 6) is 1.10. The van der Waals surface area contributed by atoms with Crippen molar-refractivity contribution in [1.82, 2.24) is 10.3 Å². The number of nitrogens with one attached hydrogen (secondary N) is 2. The van der Waals surface area contributed by atoms with E-state index in [0.717, 1.165) is 11.3 Å². The lowest BCUT2D eigenvalue weighted by Crippen LogP contribution is -2.35. The number of anilines is 1. The molecule has 7 heteroatoms. The number of benzene rings is 1. The van der Waals surface area contributed by atoms with Gasteiger partial charge in [-0.1, -0.05) is 29.8 Å². The Bertz CT molecular complexity index is 769. The molecular formula is C18H20ClN3O3. The molecule has 0 bridgehead atoms. The van der Waals surface area contributed by atoms with Gasteiger partial charge in [-0.25, -0.2) is 9.78 Å². The normalized spacial score (nSPS) is 17.2. The number of urea groups is 1. The SMILES string of the molecule is CO[C@H](C)c1cccc(NC(=O)N[C@H]2CCOc3c(Cl)cccc32)n1. The van der Waals surface area contributed by atoms with Crippen molar-refractivity contribution in [3.05, 3.63) is 52.7 Å². The summed E-state index contributed by atoms with van der Waals surface area (Å²) in [6, 6.07) is 10.5. The summed E-state index contributed by atoms with van der Waals surface area (Å²) in [6.07, 6.45) is 0.531. The van der Waals surface area contributed by atoms with E-state index < -0.39 is 0 Å². The van der Waals surface area contributed by atoms with Gasteiger partial charge in [0.15, 0.2) is 0 Å². The van der Waals surface area contributed by atoms with Crippen molar-refractivity contribution >= 4 is 23.4 Å². The van der Waals surface area contributed by atoms with Crippen LogP contribution in [0.4, 0.5) is 10.6 Å². The second-order valence-corrected chi connectivity index (χ2v) is 6.18. The predicted molar refractivity (Wildman–Crippen MR) is 96.1 cm³/mol. The van der Waals surface area contributed by atoms with Gasteiger partial charge in [-0.05, 0) is 25.1 Å². The minimum Gasteiger partial charge on any atom is -0.492 e. The van der Waals surface area contributed by atoms with Crippen LogP contribution in [0, 0.1) is 0 Å². The minimum absolute atomic E-state index is 0.144. The van der Waals surface area contributed by atoms with E-state index in [1.54, 1.807) is 19.2 Å². The van der Waals surface area contributed by atoms with Crippen LogP contribution in [0.5, 0.6) is 5.75 Å².